The van der Waals surface area contributed by atoms with Crippen LogP contribution in [0.3, 0.4) is 0 Å². The Morgan fingerprint density at radius 3 is 2.61 bits per heavy atom. The van der Waals surface area contributed by atoms with E-state index in [-0.39, 0.29) is 18.6 Å². The summed E-state index contributed by atoms with van der Waals surface area (Å²) in [6, 6.07) is 7.01. The van der Waals surface area contributed by atoms with E-state index in [9.17, 15) is 9.59 Å². The highest BCUT2D eigenvalue weighted by atomic mass is 16.5. The summed E-state index contributed by atoms with van der Waals surface area (Å²) in [6.45, 7) is 1.71. The lowest BCUT2D eigenvalue weighted by molar-refractivity contribution is -0.134. The van der Waals surface area contributed by atoms with Crippen LogP contribution in [0.4, 0.5) is 0 Å². The summed E-state index contributed by atoms with van der Waals surface area (Å²) in [4.78, 5) is 22.8. The third kappa shape index (κ3) is 5.75. The lowest BCUT2D eigenvalue weighted by Crippen LogP contribution is -2.26. The first kappa shape index (κ1) is 17.0. The zero-order valence-electron chi connectivity index (χ0n) is 13.1. The molecule has 124 valence electrons. The van der Waals surface area contributed by atoms with Gasteiger partial charge in [0.25, 0.3) is 5.91 Å². The number of carbonyl (C=O) groups excluding carboxylic acids is 2. The Hall–Kier alpha value is -2.34. The van der Waals surface area contributed by atoms with E-state index in [0.29, 0.717) is 5.56 Å². The van der Waals surface area contributed by atoms with Gasteiger partial charge in [0.05, 0.1) is 20.3 Å². The minimum atomic E-state index is -0.450. The largest absolute Gasteiger partial charge is 0.490 e. The van der Waals surface area contributed by atoms with Gasteiger partial charge in [0.1, 0.15) is 11.9 Å². The first-order valence-corrected chi connectivity index (χ1v) is 7.56. The highest BCUT2D eigenvalue weighted by Gasteiger charge is 2.15. The molecule has 0 unspecified atom stereocenters. The van der Waals surface area contributed by atoms with Gasteiger partial charge in [-0.25, -0.2) is 4.79 Å². The SMILES string of the molecule is COC(=O)/C=C/CNC(=O)c1ccc(OC2CCOCC2)cc1. The average molecular weight is 319 g/mol. The first-order valence-electron chi connectivity index (χ1n) is 7.56. The van der Waals surface area contributed by atoms with E-state index >= 15 is 0 Å². The Bertz CT molecular complexity index is 547. The molecule has 1 aromatic carbocycles. The highest BCUT2D eigenvalue weighted by Crippen LogP contribution is 2.18. The highest BCUT2D eigenvalue weighted by molar-refractivity contribution is 5.94. The van der Waals surface area contributed by atoms with Gasteiger partial charge in [-0.1, -0.05) is 6.08 Å². The van der Waals surface area contributed by atoms with Crippen LogP contribution in [0.15, 0.2) is 36.4 Å². The maximum Gasteiger partial charge on any atom is 0.330 e. The Balaban J connectivity index is 1.80. The van der Waals surface area contributed by atoms with Gasteiger partial charge in [-0.2, -0.15) is 0 Å². The molecule has 1 heterocycles. The van der Waals surface area contributed by atoms with Gasteiger partial charge in [-0.15, -0.1) is 0 Å². The molecule has 1 N–H and O–H groups in total. The molecule has 6 heteroatoms. The second-order valence-corrected chi connectivity index (χ2v) is 5.09. The molecule has 0 radical (unpaired) electrons. The Morgan fingerprint density at radius 2 is 1.96 bits per heavy atom. The number of nitrogens with one attached hydrogen (secondary N) is 1. The van der Waals surface area contributed by atoms with E-state index < -0.39 is 5.97 Å². The molecule has 1 amide bonds. The van der Waals surface area contributed by atoms with Crippen LogP contribution in [0.1, 0.15) is 23.2 Å². The monoisotopic (exact) mass is 319 g/mol. The van der Waals surface area contributed by atoms with Crippen molar-refractivity contribution in [3.63, 3.8) is 0 Å². The maximum absolute atomic E-state index is 11.9. The zero-order valence-corrected chi connectivity index (χ0v) is 13.1. The van der Waals surface area contributed by atoms with Crippen LogP contribution in [0, 0.1) is 0 Å². The van der Waals surface area contributed by atoms with Crippen LogP contribution in [0.25, 0.3) is 0 Å². The second-order valence-electron chi connectivity index (χ2n) is 5.09. The molecule has 0 bridgehead atoms. The van der Waals surface area contributed by atoms with E-state index in [4.69, 9.17) is 9.47 Å². The molecular weight excluding hydrogens is 298 g/mol. The van der Waals surface area contributed by atoms with Crippen LogP contribution < -0.4 is 10.1 Å². The van der Waals surface area contributed by atoms with E-state index in [2.05, 4.69) is 10.1 Å². The molecular formula is C17H21NO5. The standard InChI is InChI=1S/C17H21NO5/c1-21-16(19)3-2-10-18-17(20)13-4-6-14(7-5-13)23-15-8-11-22-12-9-15/h2-7,15H,8-12H2,1H3,(H,18,20)/b3-2+. The summed E-state index contributed by atoms with van der Waals surface area (Å²) in [6.07, 6.45) is 4.74. The lowest BCUT2D eigenvalue weighted by atomic mass is 10.1. The van der Waals surface area contributed by atoms with Crippen LogP contribution in [-0.2, 0) is 14.3 Å². The van der Waals surface area contributed by atoms with Crippen molar-refractivity contribution in [3.05, 3.63) is 42.0 Å². The van der Waals surface area contributed by atoms with Crippen molar-refractivity contribution >= 4 is 11.9 Å². The quantitative estimate of drug-likeness (QED) is 0.638. The lowest BCUT2D eigenvalue weighted by Gasteiger charge is -2.23. The summed E-state index contributed by atoms with van der Waals surface area (Å²) in [5.74, 6) is 0.0880. The molecule has 0 atom stereocenters. The first-order chi connectivity index (χ1) is 11.2. The van der Waals surface area contributed by atoms with E-state index in [1.54, 1.807) is 24.3 Å². The Labute approximate surface area is 135 Å². The smallest absolute Gasteiger partial charge is 0.330 e. The van der Waals surface area contributed by atoms with Gasteiger partial charge in [0, 0.05) is 31.0 Å². The molecule has 0 spiro atoms. The topological polar surface area (TPSA) is 73.9 Å². The molecule has 23 heavy (non-hydrogen) atoms. The Morgan fingerprint density at radius 1 is 1.26 bits per heavy atom. The number of carbonyl (C=O) groups is 2. The van der Waals surface area contributed by atoms with Crippen molar-refractivity contribution in [3.8, 4) is 5.75 Å². The molecule has 0 aromatic heterocycles. The third-order valence-electron chi connectivity index (χ3n) is 3.42. The summed E-state index contributed by atoms with van der Waals surface area (Å²) < 4.78 is 15.6. The van der Waals surface area contributed by atoms with Crippen LogP contribution in [-0.4, -0.2) is 44.8 Å². The summed E-state index contributed by atoms with van der Waals surface area (Å²) >= 11 is 0. The van der Waals surface area contributed by atoms with Crippen LogP contribution >= 0.6 is 0 Å². The number of amides is 1. The fraction of sp³-hybridized carbons (Fsp3) is 0.412. The molecule has 1 fully saturated rings. The van der Waals surface area contributed by atoms with Crippen molar-refractivity contribution in [1.29, 1.82) is 0 Å². The number of hydrogen-bond donors (Lipinski definition) is 1. The number of hydrogen-bond acceptors (Lipinski definition) is 5. The van der Waals surface area contributed by atoms with E-state index in [1.165, 1.54) is 19.3 Å². The number of rotatable bonds is 6. The summed E-state index contributed by atoms with van der Waals surface area (Å²) in [5, 5.41) is 2.69. The number of benzene rings is 1. The van der Waals surface area contributed by atoms with Gasteiger partial charge in [-0.05, 0) is 24.3 Å². The van der Waals surface area contributed by atoms with Crippen molar-refractivity contribution < 1.29 is 23.8 Å². The van der Waals surface area contributed by atoms with Crippen molar-refractivity contribution in [2.75, 3.05) is 26.9 Å². The summed E-state index contributed by atoms with van der Waals surface area (Å²) in [7, 11) is 1.30. The summed E-state index contributed by atoms with van der Waals surface area (Å²) in [5.41, 5.74) is 0.538. The van der Waals surface area contributed by atoms with Gasteiger partial charge in [0.15, 0.2) is 0 Å². The Kier molecular flexibility index (Phi) is 6.62. The van der Waals surface area contributed by atoms with Gasteiger partial charge < -0.3 is 19.5 Å². The van der Waals surface area contributed by atoms with E-state index in [0.717, 1.165) is 31.8 Å². The predicted molar refractivity (Wildman–Crippen MR) is 84.4 cm³/mol. The number of methoxy groups -OCH3 is 1. The average Bonchev–Trinajstić information content (AvgIpc) is 2.60. The van der Waals surface area contributed by atoms with Crippen molar-refractivity contribution in [2.24, 2.45) is 0 Å². The molecule has 2 rings (SSSR count). The van der Waals surface area contributed by atoms with Crippen LogP contribution in [0.2, 0.25) is 0 Å². The predicted octanol–water partition coefficient (Wildman–Crippen LogP) is 1.70. The van der Waals surface area contributed by atoms with Crippen molar-refractivity contribution in [2.45, 2.75) is 18.9 Å². The second kappa shape index (κ2) is 8.95. The third-order valence-corrected chi connectivity index (χ3v) is 3.42. The molecule has 0 aliphatic carbocycles. The molecule has 0 saturated carbocycles. The van der Waals surface area contributed by atoms with Crippen molar-refractivity contribution in [1.82, 2.24) is 5.32 Å². The number of ether oxygens (including phenoxy) is 3. The fourth-order valence-electron chi connectivity index (χ4n) is 2.15. The molecule has 1 aromatic rings. The molecule has 6 nitrogen and oxygen atoms in total. The molecule has 1 aliphatic heterocycles. The van der Waals surface area contributed by atoms with Gasteiger partial charge in [-0.3, -0.25) is 4.79 Å². The normalized spacial score (nSPS) is 15.3. The minimum Gasteiger partial charge on any atom is -0.490 e. The minimum absolute atomic E-state index is 0.173. The van der Waals surface area contributed by atoms with Crippen LogP contribution in [0.5, 0.6) is 5.75 Å². The van der Waals surface area contributed by atoms with Gasteiger partial charge in [0.2, 0.25) is 0 Å². The fourth-order valence-corrected chi connectivity index (χ4v) is 2.15. The number of esters is 1. The maximum atomic E-state index is 11.9. The van der Waals surface area contributed by atoms with E-state index in [1.807, 2.05) is 0 Å². The molecule has 1 aliphatic rings. The molecule has 1 saturated heterocycles. The zero-order chi connectivity index (χ0) is 16.5. The van der Waals surface area contributed by atoms with Gasteiger partial charge >= 0.3 is 5.97 Å².